The molecule has 0 N–H and O–H groups in total. The standard InChI is InChI=1S/C51H69NP2Si/c1-13-16-21-55(22-17-14-2,23-18-15-3)50-19-20-51(45(12)36-50)52(53(46-28-37(4)24-38(5)29-46)47-30-39(6)25-40(7)31-47)54(48-32-41(8)26-42(9)33-48)49-34-43(10)27-44(11)35-49/h19-20,24-36H,13-18,21-23H2,1-12H3. The van der Waals surface area contributed by atoms with Crippen LogP contribution in [0.25, 0.3) is 0 Å². The van der Waals surface area contributed by atoms with Crippen LogP contribution in [0, 0.1) is 62.3 Å². The number of hydrogen-bond acceptors (Lipinski definition) is 1. The molecule has 0 unspecified atom stereocenters. The first-order valence-corrected chi connectivity index (χ1v) is 26.3. The molecule has 0 radical (unpaired) electrons. The third-order valence-electron chi connectivity index (χ3n) is 11.2. The molecule has 0 atom stereocenters. The minimum atomic E-state index is -1.70. The van der Waals surface area contributed by atoms with Crippen molar-refractivity contribution in [3.63, 3.8) is 0 Å². The molecular formula is C51H69NP2Si. The summed E-state index contributed by atoms with van der Waals surface area (Å²) in [6, 6.07) is 41.4. The van der Waals surface area contributed by atoms with E-state index >= 15 is 0 Å². The molecule has 0 aliphatic heterocycles. The van der Waals surface area contributed by atoms with Crippen molar-refractivity contribution in [1.29, 1.82) is 0 Å². The molecule has 5 aromatic rings. The lowest BCUT2D eigenvalue weighted by atomic mass is 10.2. The lowest BCUT2D eigenvalue weighted by Gasteiger charge is -2.42. The SMILES string of the molecule is CCCC[Si](CCCC)(CCCC)c1ccc(N(P(c2cc(C)cc(C)c2)c2cc(C)cc(C)c2)P(c2cc(C)cc(C)c2)c2cc(C)cc(C)c2)c(C)c1. The Balaban J connectivity index is 1.91. The molecular weight excluding hydrogens is 717 g/mol. The highest BCUT2D eigenvalue weighted by molar-refractivity contribution is 7.90. The molecule has 0 bridgehead atoms. The van der Waals surface area contributed by atoms with Crippen LogP contribution in [-0.4, -0.2) is 8.07 Å². The van der Waals surface area contributed by atoms with E-state index in [0.717, 1.165) is 0 Å². The van der Waals surface area contributed by atoms with Crippen molar-refractivity contribution in [2.45, 2.75) is 140 Å². The zero-order valence-electron chi connectivity index (χ0n) is 36.4. The molecule has 4 heteroatoms. The minimum absolute atomic E-state index is 0.989. The van der Waals surface area contributed by atoms with Crippen LogP contribution in [0.2, 0.25) is 18.1 Å². The number of unbranched alkanes of at least 4 members (excludes halogenated alkanes) is 3. The Kier molecular flexibility index (Phi) is 15.2. The predicted octanol–water partition coefficient (Wildman–Crippen LogP) is 13.4. The lowest BCUT2D eigenvalue weighted by Crippen LogP contribution is -2.47. The van der Waals surface area contributed by atoms with Gasteiger partial charge in [0.25, 0.3) is 0 Å². The lowest BCUT2D eigenvalue weighted by molar-refractivity contribution is 0.800. The van der Waals surface area contributed by atoms with Gasteiger partial charge < -0.3 is 4.44 Å². The third kappa shape index (κ3) is 10.7. The normalized spacial score (nSPS) is 11.9. The summed E-state index contributed by atoms with van der Waals surface area (Å²) in [5, 5.41) is 7.42. The van der Waals surface area contributed by atoms with E-state index < -0.39 is 24.2 Å². The van der Waals surface area contributed by atoms with E-state index in [0.29, 0.717) is 0 Å². The van der Waals surface area contributed by atoms with Gasteiger partial charge in [0.1, 0.15) is 0 Å². The van der Waals surface area contributed by atoms with Gasteiger partial charge in [-0.2, -0.15) is 0 Å². The fraction of sp³-hybridized carbons (Fsp3) is 0.412. The summed E-state index contributed by atoms with van der Waals surface area (Å²) in [6.07, 6.45) is 7.89. The van der Waals surface area contributed by atoms with Crippen LogP contribution in [0.1, 0.15) is 109 Å². The predicted molar refractivity (Wildman–Crippen MR) is 254 cm³/mol. The van der Waals surface area contributed by atoms with E-state index in [4.69, 9.17) is 0 Å². The smallest absolute Gasteiger partial charge is 0.0867 e. The number of rotatable bonds is 17. The Labute approximate surface area is 340 Å². The van der Waals surface area contributed by atoms with E-state index in [1.54, 1.807) is 5.19 Å². The van der Waals surface area contributed by atoms with Crippen LogP contribution in [0.5, 0.6) is 0 Å². The first-order chi connectivity index (χ1) is 26.3. The second-order valence-electron chi connectivity index (χ2n) is 16.9. The Morgan fingerprint density at radius 1 is 0.400 bits per heavy atom. The van der Waals surface area contributed by atoms with E-state index in [1.807, 2.05) is 0 Å². The van der Waals surface area contributed by atoms with Crippen LogP contribution >= 0.6 is 16.1 Å². The van der Waals surface area contributed by atoms with Gasteiger partial charge in [-0.15, -0.1) is 0 Å². The number of hydrogen-bond donors (Lipinski definition) is 0. The Morgan fingerprint density at radius 3 is 0.945 bits per heavy atom. The molecule has 0 spiro atoms. The van der Waals surface area contributed by atoms with Gasteiger partial charge in [0.2, 0.25) is 0 Å². The highest BCUT2D eigenvalue weighted by Gasteiger charge is 2.37. The average molecular weight is 786 g/mol. The zero-order valence-corrected chi connectivity index (χ0v) is 39.2. The minimum Gasteiger partial charge on any atom is -0.313 e. The van der Waals surface area contributed by atoms with Crippen molar-refractivity contribution >= 4 is 56.3 Å². The summed E-state index contributed by atoms with van der Waals surface area (Å²) >= 11 is 0. The third-order valence-corrected chi connectivity index (χ3v) is 22.0. The van der Waals surface area contributed by atoms with E-state index in [-0.39, 0.29) is 0 Å². The van der Waals surface area contributed by atoms with Crippen molar-refractivity contribution in [3.05, 3.63) is 141 Å². The van der Waals surface area contributed by atoms with Gasteiger partial charge >= 0.3 is 0 Å². The molecule has 0 aliphatic carbocycles. The maximum atomic E-state index is 2.96. The van der Waals surface area contributed by atoms with Crippen LogP contribution in [0.4, 0.5) is 5.69 Å². The number of nitrogens with zero attached hydrogens (tertiary/aromatic N) is 1. The van der Waals surface area contributed by atoms with Crippen molar-refractivity contribution in [2.75, 3.05) is 4.44 Å². The van der Waals surface area contributed by atoms with E-state index in [1.165, 1.54) is 134 Å². The summed E-state index contributed by atoms with van der Waals surface area (Å²) in [4.78, 5) is 0. The van der Waals surface area contributed by atoms with Gasteiger partial charge in [0.05, 0.1) is 24.2 Å². The molecule has 5 rings (SSSR count). The summed E-state index contributed by atoms with van der Waals surface area (Å²) in [5.41, 5.74) is 13.5. The van der Waals surface area contributed by atoms with Gasteiger partial charge in [-0.05, 0) is 122 Å². The van der Waals surface area contributed by atoms with Crippen LogP contribution < -0.4 is 30.8 Å². The molecule has 5 aromatic carbocycles. The summed E-state index contributed by atoms with van der Waals surface area (Å²) < 4.78 is 2.96. The van der Waals surface area contributed by atoms with Crippen LogP contribution in [0.3, 0.4) is 0 Å². The van der Waals surface area contributed by atoms with Crippen molar-refractivity contribution < 1.29 is 0 Å². The Morgan fingerprint density at radius 2 is 0.691 bits per heavy atom. The van der Waals surface area contributed by atoms with Crippen LogP contribution in [-0.2, 0) is 0 Å². The van der Waals surface area contributed by atoms with E-state index in [2.05, 4.69) is 179 Å². The topological polar surface area (TPSA) is 3.24 Å². The van der Waals surface area contributed by atoms with Gasteiger partial charge in [-0.25, -0.2) is 0 Å². The fourth-order valence-electron chi connectivity index (χ4n) is 8.90. The first kappa shape index (κ1) is 43.1. The fourth-order valence-corrected chi connectivity index (χ4v) is 21.5. The summed E-state index contributed by atoms with van der Waals surface area (Å²) in [6.45, 7) is 27.8. The molecule has 292 valence electrons. The van der Waals surface area contributed by atoms with Gasteiger partial charge in [-0.3, -0.25) is 0 Å². The highest BCUT2D eigenvalue weighted by Crippen LogP contribution is 2.58. The average Bonchev–Trinajstić information content (AvgIpc) is 3.10. The Bertz CT molecular complexity index is 1750. The molecule has 0 fully saturated rings. The second-order valence-corrected chi connectivity index (χ2v) is 26.0. The number of anilines is 1. The summed E-state index contributed by atoms with van der Waals surface area (Å²) in [5.74, 6) is 0. The maximum Gasteiger partial charge on any atom is 0.0867 e. The van der Waals surface area contributed by atoms with Crippen molar-refractivity contribution in [3.8, 4) is 0 Å². The Hall–Kier alpha value is -3.02. The van der Waals surface area contributed by atoms with Gasteiger partial charge in [0, 0.05) is 26.9 Å². The zero-order chi connectivity index (χ0) is 39.9. The van der Waals surface area contributed by atoms with E-state index in [9.17, 15) is 0 Å². The number of benzene rings is 5. The molecule has 0 aliphatic rings. The second kappa shape index (κ2) is 19.4. The maximum absolute atomic E-state index is 2.96. The number of aryl methyl sites for hydroxylation is 9. The quantitative estimate of drug-likeness (QED) is 0.0670. The van der Waals surface area contributed by atoms with Crippen LogP contribution in [0.15, 0.2) is 91.0 Å². The first-order valence-electron chi connectivity index (χ1n) is 21.1. The molecule has 0 heterocycles. The summed E-state index contributed by atoms with van der Waals surface area (Å²) in [7, 11) is -3.68. The molecule has 0 saturated heterocycles. The highest BCUT2D eigenvalue weighted by atomic mass is 31.2. The van der Waals surface area contributed by atoms with Crippen molar-refractivity contribution in [2.24, 2.45) is 0 Å². The largest absolute Gasteiger partial charge is 0.313 e. The molecule has 0 amide bonds. The van der Waals surface area contributed by atoms with Gasteiger partial charge in [0.15, 0.2) is 0 Å². The van der Waals surface area contributed by atoms with Crippen molar-refractivity contribution in [1.82, 2.24) is 0 Å². The molecule has 0 aromatic heterocycles. The monoisotopic (exact) mass is 785 g/mol. The molecule has 0 saturated carbocycles. The van der Waals surface area contributed by atoms with Gasteiger partial charge in [-0.1, -0.05) is 164 Å². The molecule has 55 heavy (non-hydrogen) atoms. The molecule has 1 nitrogen and oxygen atoms in total.